The molecule has 1 atom stereocenters. The number of nitrogens with two attached hydrogens (primary N) is 1. The molecule has 0 aromatic heterocycles. The first-order chi connectivity index (χ1) is 9.77. The molecule has 0 saturated carbocycles. The van der Waals surface area contributed by atoms with Crippen LogP contribution in [0.5, 0.6) is 0 Å². The van der Waals surface area contributed by atoms with Gasteiger partial charge in [0, 0.05) is 10.5 Å². The summed E-state index contributed by atoms with van der Waals surface area (Å²) in [4.78, 5) is 0.0254. The van der Waals surface area contributed by atoms with E-state index in [9.17, 15) is 8.42 Å². The van der Waals surface area contributed by atoms with E-state index in [0.29, 0.717) is 10.7 Å². The smallest absolute Gasteiger partial charge is 0.238 e. The molecule has 0 aliphatic heterocycles. The van der Waals surface area contributed by atoms with Crippen LogP contribution < -0.4 is 10.5 Å². The fourth-order valence-corrected chi connectivity index (χ4v) is 2.84. The van der Waals surface area contributed by atoms with Crippen molar-refractivity contribution in [3.05, 3.63) is 57.5 Å². The molecule has 0 radical (unpaired) electrons. The summed E-state index contributed by atoms with van der Waals surface area (Å²) in [6.45, 7) is 1.96. The lowest BCUT2D eigenvalue weighted by atomic mass is 10.1. The second-order valence-electron chi connectivity index (χ2n) is 4.60. The average molecular weight is 390 g/mol. The SMILES string of the molecule is CC(Nc1cc(S(N)(=O)=O)ccc1Cl)c1ccc(Br)cc1. The van der Waals surface area contributed by atoms with Crippen LogP contribution in [0.2, 0.25) is 5.02 Å². The van der Waals surface area contributed by atoms with Crippen molar-refractivity contribution in [2.45, 2.75) is 17.9 Å². The molecule has 112 valence electrons. The van der Waals surface area contributed by atoms with Crippen LogP contribution in [0.1, 0.15) is 18.5 Å². The number of sulfonamides is 1. The molecule has 0 heterocycles. The molecular weight excluding hydrogens is 376 g/mol. The molecule has 0 spiro atoms. The van der Waals surface area contributed by atoms with E-state index >= 15 is 0 Å². The highest BCUT2D eigenvalue weighted by Gasteiger charge is 2.13. The van der Waals surface area contributed by atoms with Crippen LogP contribution >= 0.6 is 27.5 Å². The van der Waals surface area contributed by atoms with E-state index in [-0.39, 0.29) is 10.9 Å². The van der Waals surface area contributed by atoms with Crippen molar-refractivity contribution < 1.29 is 8.42 Å². The van der Waals surface area contributed by atoms with Crippen LogP contribution in [0.25, 0.3) is 0 Å². The standard InChI is InChI=1S/C14H14BrClN2O2S/c1-9(10-2-4-11(15)5-3-10)18-14-8-12(21(17,19)20)6-7-13(14)16/h2-9,18H,1H3,(H2,17,19,20). The number of primary sulfonamides is 1. The van der Waals surface area contributed by atoms with Gasteiger partial charge in [-0.3, -0.25) is 0 Å². The summed E-state index contributed by atoms with van der Waals surface area (Å²) < 4.78 is 23.8. The van der Waals surface area contributed by atoms with Gasteiger partial charge in [-0.15, -0.1) is 0 Å². The van der Waals surface area contributed by atoms with Crippen molar-refractivity contribution in [1.29, 1.82) is 0 Å². The molecule has 0 saturated heterocycles. The highest BCUT2D eigenvalue weighted by atomic mass is 79.9. The van der Waals surface area contributed by atoms with Crippen molar-refractivity contribution in [3.8, 4) is 0 Å². The number of rotatable bonds is 4. The first-order valence-corrected chi connectivity index (χ1v) is 8.83. The van der Waals surface area contributed by atoms with Gasteiger partial charge in [0.2, 0.25) is 10.0 Å². The molecule has 0 fully saturated rings. The van der Waals surface area contributed by atoms with E-state index in [1.165, 1.54) is 18.2 Å². The normalized spacial score (nSPS) is 13.0. The fourth-order valence-electron chi connectivity index (χ4n) is 1.86. The zero-order valence-electron chi connectivity index (χ0n) is 11.2. The molecule has 2 aromatic carbocycles. The van der Waals surface area contributed by atoms with Crippen LogP contribution in [0.4, 0.5) is 5.69 Å². The minimum absolute atomic E-state index is 0.0254. The number of hydrogen-bond donors (Lipinski definition) is 2. The molecule has 0 aliphatic rings. The molecule has 0 amide bonds. The van der Waals surface area contributed by atoms with Crippen LogP contribution in [-0.4, -0.2) is 8.42 Å². The molecule has 4 nitrogen and oxygen atoms in total. The summed E-state index contributed by atoms with van der Waals surface area (Å²) in [5, 5.41) is 8.76. The van der Waals surface area contributed by atoms with E-state index in [1.54, 1.807) is 0 Å². The average Bonchev–Trinajstić information content (AvgIpc) is 2.40. The Morgan fingerprint density at radius 3 is 2.38 bits per heavy atom. The molecule has 0 aliphatic carbocycles. The second kappa shape index (κ2) is 6.36. The van der Waals surface area contributed by atoms with Gasteiger partial charge in [0.25, 0.3) is 0 Å². The van der Waals surface area contributed by atoms with Crippen LogP contribution in [-0.2, 0) is 10.0 Å². The minimum Gasteiger partial charge on any atom is -0.377 e. The van der Waals surface area contributed by atoms with Gasteiger partial charge in [-0.05, 0) is 42.8 Å². The van der Waals surface area contributed by atoms with Gasteiger partial charge in [-0.2, -0.15) is 0 Å². The molecule has 2 rings (SSSR count). The quantitative estimate of drug-likeness (QED) is 0.832. The topological polar surface area (TPSA) is 72.2 Å². The maximum Gasteiger partial charge on any atom is 0.238 e. The zero-order valence-corrected chi connectivity index (χ0v) is 14.3. The van der Waals surface area contributed by atoms with E-state index < -0.39 is 10.0 Å². The molecule has 1 unspecified atom stereocenters. The van der Waals surface area contributed by atoms with Crippen molar-refractivity contribution in [3.63, 3.8) is 0 Å². The first-order valence-electron chi connectivity index (χ1n) is 6.12. The lowest BCUT2D eigenvalue weighted by Gasteiger charge is -2.17. The molecule has 2 aromatic rings. The minimum atomic E-state index is -3.75. The monoisotopic (exact) mass is 388 g/mol. The third-order valence-corrected chi connectivity index (χ3v) is 4.78. The van der Waals surface area contributed by atoms with Gasteiger partial charge in [0.15, 0.2) is 0 Å². The molecule has 3 N–H and O–H groups in total. The Bertz CT molecular complexity index is 748. The molecular formula is C14H14BrClN2O2S. The van der Waals surface area contributed by atoms with Gasteiger partial charge < -0.3 is 5.32 Å². The van der Waals surface area contributed by atoms with E-state index in [0.717, 1.165) is 10.0 Å². The van der Waals surface area contributed by atoms with Crippen molar-refractivity contribution in [2.24, 2.45) is 5.14 Å². The molecule has 0 bridgehead atoms. The Hall–Kier alpha value is -1.08. The maximum atomic E-state index is 11.4. The summed E-state index contributed by atoms with van der Waals surface area (Å²) in [5.41, 5.74) is 1.58. The van der Waals surface area contributed by atoms with Crippen LogP contribution in [0.15, 0.2) is 51.8 Å². The van der Waals surface area contributed by atoms with Gasteiger partial charge >= 0.3 is 0 Å². The summed E-state index contributed by atoms with van der Waals surface area (Å²) in [5.74, 6) is 0. The number of hydrogen-bond acceptors (Lipinski definition) is 3. The highest BCUT2D eigenvalue weighted by molar-refractivity contribution is 9.10. The Kier molecular flexibility index (Phi) is 4.93. The van der Waals surface area contributed by atoms with Crippen molar-refractivity contribution >= 4 is 43.2 Å². The number of nitrogens with one attached hydrogen (secondary N) is 1. The summed E-state index contributed by atoms with van der Waals surface area (Å²) in [6, 6.07) is 12.1. The van der Waals surface area contributed by atoms with Gasteiger partial charge in [0.1, 0.15) is 0 Å². The highest BCUT2D eigenvalue weighted by Crippen LogP contribution is 2.28. The molecule has 21 heavy (non-hydrogen) atoms. The predicted octanol–water partition coefficient (Wildman–Crippen LogP) is 3.92. The number of halogens is 2. The predicted molar refractivity (Wildman–Crippen MR) is 89.0 cm³/mol. The summed E-state index contributed by atoms with van der Waals surface area (Å²) >= 11 is 9.48. The zero-order chi connectivity index (χ0) is 15.6. The third-order valence-electron chi connectivity index (χ3n) is 3.01. The fraction of sp³-hybridized carbons (Fsp3) is 0.143. The second-order valence-corrected chi connectivity index (χ2v) is 7.49. The maximum absolute atomic E-state index is 11.4. The lowest BCUT2D eigenvalue weighted by molar-refractivity contribution is 0.598. The Labute approximate surface area is 137 Å². The number of benzene rings is 2. The van der Waals surface area contributed by atoms with Crippen LogP contribution in [0.3, 0.4) is 0 Å². The van der Waals surface area contributed by atoms with Gasteiger partial charge in [-0.1, -0.05) is 39.7 Å². The van der Waals surface area contributed by atoms with Crippen molar-refractivity contribution in [1.82, 2.24) is 0 Å². The Balaban J connectivity index is 2.28. The van der Waals surface area contributed by atoms with E-state index in [4.69, 9.17) is 16.7 Å². The lowest BCUT2D eigenvalue weighted by Crippen LogP contribution is -2.13. The van der Waals surface area contributed by atoms with Gasteiger partial charge in [0.05, 0.1) is 15.6 Å². The summed E-state index contributed by atoms with van der Waals surface area (Å²) in [7, 11) is -3.75. The van der Waals surface area contributed by atoms with Crippen molar-refractivity contribution in [2.75, 3.05) is 5.32 Å². The third kappa shape index (κ3) is 4.20. The number of anilines is 1. The van der Waals surface area contributed by atoms with E-state index in [1.807, 2.05) is 31.2 Å². The first kappa shape index (κ1) is 16.3. The van der Waals surface area contributed by atoms with Gasteiger partial charge in [-0.25, -0.2) is 13.6 Å². The Morgan fingerprint density at radius 2 is 1.81 bits per heavy atom. The Morgan fingerprint density at radius 1 is 1.19 bits per heavy atom. The largest absolute Gasteiger partial charge is 0.377 e. The van der Waals surface area contributed by atoms with E-state index in [2.05, 4.69) is 21.2 Å². The summed E-state index contributed by atoms with van der Waals surface area (Å²) in [6.07, 6.45) is 0. The van der Waals surface area contributed by atoms with Crippen LogP contribution in [0, 0.1) is 0 Å². The molecule has 7 heteroatoms.